The van der Waals surface area contributed by atoms with Gasteiger partial charge in [0.15, 0.2) is 0 Å². The predicted octanol–water partition coefficient (Wildman–Crippen LogP) is 2.02. The molecule has 0 amide bonds. The van der Waals surface area contributed by atoms with Crippen LogP contribution in [-0.4, -0.2) is 18.0 Å². The molecule has 1 unspecified atom stereocenters. The van der Waals surface area contributed by atoms with E-state index in [0.717, 1.165) is 0 Å². The summed E-state index contributed by atoms with van der Waals surface area (Å²) < 4.78 is 49.3. The fraction of sp³-hybridized carbons (Fsp3) is 1.00. The third-order valence-electron chi connectivity index (χ3n) is 0.515. The Morgan fingerprint density at radius 3 is 1.73 bits per heavy atom. The second-order valence-electron chi connectivity index (χ2n) is 2.88. The Kier molecular flexibility index (Phi) is 3.27. The van der Waals surface area contributed by atoms with Gasteiger partial charge in [0.05, 0.1) is 0 Å². The minimum absolute atomic E-state index is 1.54. The van der Waals surface area contributed by atoms with Gasteiger partial charge in [0, 0.05) is 0 Å². The van der Waals surface area contributed by atoms with Crippen molar-refractivity contribution in [3.05, 3.63) is 0 Å². The molecule has 0 N–H and O–H groups in total. The molecule has 7 heteroatoms. The molecule has 0 spiro atoms. The van der Waals surface area contributed by atoms with Gasteiger partial charge in [-0.05, 0) is 19.6 Å². The molecule has 0 rings (SSSR count). The van der Waals surface area contributed by atoms with Crippen molar-refractivity contribution in [2.45, 2.75) is 25.1 Å². The van der Waals surface area contributed by atoms with Gasteiger partial charge >= 0.3 is 5.51 Å². The minimum Gasteiger partial charge on any atom is -0.329 e. The molecule has 0 aliphatic carbocycles. The van der Waals surface area contributed by atoms with Crippen molar-refractivity contribution in [2.75, 3.05) is 0 Å². The molecule has 0 heterocycles. The van der Waals surface area contributed by atoms with Gasteiger partial charge in [-0.15, -0.1) is 0 Å². The SMILES string of the molecule is C[Si](C)(C)OS(=O)C(F)(F)F. The Morgan fingerprint density at radius 2 is 1.64 bits per heavy atom. The van der Waals surface area contributed by atoms with Crippen molar-refractivity contribution in [1.29, 1.82) is 0 Å². The van der Waals surface area contributed by atoms with Gasteiger partial charge in [-0.3, -0.25) is 0 Å². The summed E-state index contributed by atoms with van der Waals surface area (Å²) in [5.74, 6) is 0. The summed E-state index contributed by atoms with van der Waals surface area (Å²) in [6.07, 6.45) is 0. The summed E-state index contributed by atoms with van der Waals surface area (Å²) in [5, 5.41) is 0. The largest absolute Gasteiger partial charge is 0.496 e. The number of hydrogen-bond acceptors (Lipinski definition) is 2. The molecule has 0 aromatic heterocycles. The summed E-state index contributed by atoms with van der Waals surface area (Å²) in [7, 11) is -2.35. The smallest absolute Gasteiger partial charge is 0.329 e. The van der Waals surface area contributed by atoms with Crippen LogP contribution in [0.3, 0.4) is 0 Å². The van der Waals surface area contributed by atoms with Crippen LogP contribution in [0.1, 0.15) is 0 Å². The zero-order chi connectivity index (χ0) is 9.28. The van der Waals surface area contributed by atoms with E-state index in [2.05, 4.69) is 3.87 Å². The highest BCUT2D eigenvalue weighted by molar-refractivity contribution is 7.82. The van der Waals surface area contributed by atoms with Crippen LogP contribution < -0.4 is 0 Å². The van der Waals surface area contributed by atoms with E-state index in [1.807, 2.05) is 0 Å². The number of rotatable bonds is 2. The van der Waals surface area contributed by atoms with Crippen LogP contribution in [0.5, 0.6) is 0 Å². The van der Waals surface area contributed by atoms with Gasteiger partial charge in [-0.25, -0.2) is 4.21 Å². The highest BCUT2D eigenvalue weighted by Crippen LogP contribution is 2.23. The van der Waals surface area contributed by atoms with Crippen LogP contribution >= 0.6 is 0 Å². The van der Waals surface area contributed by atoms with E-state index in [4.69, 9.17) is 0 Å². The monoisotopic (exact) mass is 206 g/mol. The van der Waals surface area contributed by atoms with Crippen molar-refractivity contribution < 1.29 is 21.3 Å². The topological polar surface area (TPSA) is 26.3 Å². The Labute approximate surface area is 66.5 Å². The molecule has 0 saturated carbocycles. The number of halogens is 3. The van der Waals surface area contributed by atoms with Gasteiger partial charge in [-0.2, -0.15) is 13.2 Å². The third kappa shape index (κ3) is 5.39. The van der Waals surface area contributed by atoms with E-state index in [-0.39, 0.29) is 0 Å². The van der Waals surface area contributed by atoms with Crippen molar-refractivity contribution in [1.82, 2.24) is 0 Å². The van der Waals surface area contributed by atoms with Crippen LogP contribution in [0.4, 0.5) is 13.2 Å². The van der Waals surface area contributed by atoms with Gasteiger partial charge in [0.1, 0.15) is 0 Å². The first-order valence-corrected chi connectivity index (χ1v) is 7.29. The lowest BCUT2D eigenvalue weighted by Crippen LogP contribution is -2.32. The molecule has 0 aromatic carbocycles. The van der Waals surface area contributed by atoms with E-state index >= 15 is 0 Å². The van der Waals surface area contributed by atoms with E-state index in [9.17, 15) is 17.4 Å². The molecular weight excluding hydrogens is 197 g/mol. The Hall–Kier alpha value is 0.117. The Morgan fingerprint density at radius 1 is 1.27 bits per heavy atom. The van der Waals surface area contributed by atoms with Gasteiger partial charge in [0.2, 0.25) is 8.32 Å². The second-order valence-corrected chi connectivity index (χ2v) is 8.70. The first-order chi connectivity index (χ1) is 4.63. The molecule has 0 aromatic rings. The fourth-order valence-corrected chi connectivity index (χ4v) is 2.47. The Bertz CT molecular complexity index is 162. The van der Waals surface area contributed by atoms with E-state index in [1.54, 1.807) is 0 Å². The van der Waals surface area contributed by atoms with E-state index < -0.39 is 24.9 Å². The molecule has 68 valence electrons. The van der Waals surface area contributed by atoms with Crippen LogP contribution in [0.25, 0.3) is 0 Å². The second kappa shape index (κ2) is 3.24. The summed E-state index contributed by atoms with van der Waals surface area (Å²) >= 11 is -3.15. The van der Waals surface area contributed by atoms with Crippen molar-refractivity contribution in [3.63, 3.8) is 0 Å². The maximum Gasteiger partial charge on any atom is 0.496 e. The zero-order valence-corrected chi connectivity index (χ0v) is 8.18. The summed E-state index contributed by atoms with van der Waals surface area (Å²) in [5.41, 5.74) is -4.75. The third-order valence-corrected chi connectivity index (χ3v) is 3.50. The first kappa shape index (κ1) is 11.1. The van der Waals surface area contributed by atoms with Crippen LogP contribution in [0, 0.1) is 0 Å². The van der Waals surface area contributed by atoms with Gasteiger partial charge in [-0.1, -0.05) is 0 Å². The molecule has 0 aliphatic rings. The Balaban J connectivity index is 4.11. The lowest BCUT2D eigenvalue weighted by atomic mass is 11.6. The molecule has 0 saturated heterocycles. The van der Waals surface area contributed by atoms with Gasteiger partial charge in [0.25, 0.3) is 11.1 Å². The average Bonchev–Trinajstić information content (AvgIpc) is 1.56. The van der Waals surface area contributed by atoms with Crippen molar-refractivity contribution in [2.24, 2.45) is 0 Å². The van der Waals surface area contributed by atoms with E-state index in [1.165, 1.54) is 19.6 Å². The average molecular weight is 206 g/mol. The highest BCUT2D eigenvalue weighted by atomic mass is 32.2. The summed E-state index contributed by atoms with van der Waals surface area (Å²) in [6, 6.07) is 0. The highest BCUT2D eigenvalue weighted by Gasteiger charge is 2.41. The first-order valence-electron chi connectivity index (χ1n) is 2.81. The zero-order valence-electron chi connectivity index (χ0n) is 6.36. The number of alkyl halides is 3. The fourth-order valence-electron chi connectivity index (χ4n) is 0.274. The normalized spacial score (nSPS) is 16.5. The predicted molar refractivity (Wildman–Crippen MR) is 38.6 cm³/mol. The summed E-state index contributed by atoms with van der Waals surface area (Å²) in [6.45, 7) is 4.62. The van der Waals surface area contributed by atoms with Crippen LogP contribution in [0.15, 0.2) is 0 Å². The quantitative estimate of drug-likeness (QED) is 0.646. The van der Waals surface area contributed by atoms with Crippen molar-refractivity contribution in [3.8, 4) is 0 Å². The number of hydrogen-bond donors (Lipinski definition) is 0. The molecule has 0 radical (unpaired) electrons. The molecule has 0 aliphatic heterocycles. The standard InChI is InChI=1S/C4H9F3O2SSi/c1-11(2,3)9-10(8)4(5,6)7/h1-3H3. The van der Waals surface area contributed by atoms with Crippen molar-refractivity contribution >= 4 is 19.4 Å². The molecule has 1 atom stereocenters. The molecule has 0 fully saturated rings. The maximum absolute atomic E-state index is 11.6. The lowest BCUT2D eigenvalue weighted by molar-refractivity contribution is -0.0440. The van der Waals surface area contributed by atoms with Gasteiger partial charge < -0.3 is 3.87 Å². The maximum atomic E-state index is 11.6. The lowest BCUT2D eigenvalue weighted by Gasteiger charge is -2.16. The van der Waals surface area contributed by atoms with E-state index in [0.29, 0.717) is 0 Å². The summed E-state index contributed by atoms with van der Waals surface area (Å²) in [4.78, 5) is 0. The van der Waals surface area contributed by atoms with Crippen LogP contribution in [0.2, 0.25) is 19.6 Å². The molecule has 0 bridgehead atoms. The minimum atomic E-state index is -4.75. The van der Waals surface area contributed by atoms with Crippen LogP contribution in [-0.2, 0) is 15.0 Å². The molecular formula is C4H9F3O2SSi. The molecule has 11 heavy (non-hydrogen) atoms. The molecule has 2 nitrogen and oxygen atoms in total.